The van der Waals surface area contributed by atoms with E-state index in [1.165, 1.54) is 0 Å². The van der Waals surface area contributed by atoms with Crippen LogP contribution in [0.2, 0.25) is 0 Å². The number of allylic oxidation sites excluding steroid dienone is 3. The van der Waals surface area contributed by atoms with Crippen LogP contribution in [-0.4, -0.2) is 99.7 Å². The van der Waals surface area contributed by atoms with E-state index in [0.29, 0.717) is 19.5 Å². The number of hydrogen-bond donors (Lipinski definition) is 4. The van der Waals surface area contributed by atoms with E-state index in [2.05, 4.69) is 18.3 Å². The summed E-state index contributed by atoms with van der Waals surface area (Å²) in [5.74, 6) is -0.455. The fourth-order valence-electron chi connectivity index (χ4n) is 6.45. The summed E-state index contributed by atoms with van der Waals surface area (Å²) < 4.78 is 17.6. The number of aliphatic hydroxyl groups excluding tert-OH is 2. The third-order valence-electron chi connectivity index (χ3n) is 9.38. The van der Waals surface area contributed by atoms with E-state index in [1.54, 1.807) is 17.9 Å². The Balaban J connectivity index is 1.72. The number of amides is 1. The fourth-order valence-corrected chi connectivity index (χ4v) is 6.45. The molecule has 0 aromatic heterocycles. The molecule has 256 valence electrons. The van der Waals surface area contributed by atoms with E-state index in [4.69, 9.17) is 14.2 Å². The number of cyclic esters (lactones) is 1. The van der Waals surface area contributed by atoms with Crippen LogP contribution in [-0.2, 0) is 19.0 Å². The van der Waals surface area contributed by atoms with Crippen molar-refractivity contribution in [3.8, 4) is 0 Å². The van der Waals surface area contributed by atoms with Crippen LogP contribution in [0, 0.1) is 17.8 Å². The minimum atomic E-state index is -1.46. The van der Waals surface area contributed by atoms with Crippen molar-refractivity contribution in [2.24, 2.45) is 17.8 Å². The lowest BCUT2D eigenvalue weighted by atomic mass is 9.88. The first-order valence-electron chi connectivity index (χ1n) is 16.8. The molecule has 3 heterocycles. The molecule has 0 aromatic rings. The van der Waals surface area contributed by atoms with Crippen molar-refractivity contribution in [1.82, 2.24) is 10.2 Å². The van der Waals surface area contributed by atoms with E-state index in [1.807, 2.05) is 59.8 Å². The topological polar surface area (TPSA) is 141 Å². The summed E-state index contributed by atoms with van der Waals surface area (Å²) in [5.41, 5.74) is -0.642. The number of piperazine rings is 1. The molecule has 45 heavy (non-hydrogen) atoms. The second-order valence-corrected chi connectivity index (χ2v) is 14.1. The zero-order chi connectivity index (χ0) is 33.5. The number of nitrogens with one attached hydrogen (secondary N) is 1. The number of epoxide rings is 1. The van der Waals surface area contributed by atoms with Crippen LogP contribution in [0.3, 0.4) is 0 Å². The summed E-state index contributed by atoms with van der Waals surface area (Å²) in [7, 11) is 0. The first-order chi connectivity index (χ1) is 21.1. The van der Waals surface area contributed by atoms with Gasteiger partial charge in [-0.05, 0) is 70.9 Å². The zero-order valence-corrected chi connectivity index (χ0v) is 28.5. The van der Waals surface area contributed by atoms with Crippen molar-refractivity contribution in [3.63, 3.8) is 0 Å². The second kappa shape index (κ2) is 16.5. The summed E-state index contributed by atoms with van der Waals surface area (Å²) in [5, 5.41) is 35.5. The molecule has 2 saturated heterocycles. The summed E-state index contributed by atoms with van der Waals surface area (Å²) in [6, 6.07) is 0.238. The molecule has 10 heteroatoms. The maximum Gasteiger partial charge on any atom is 0.410 e. The number of hydrogen-bond acceptors (Lipinski definition) is 9. The Morgan fingerprint density at radius 3 is 2.53 bits per heavy atom. The maximum absolute atomic E-state index is 13.2. The van der Waals surface area contributed by atoms with E-state index < -0.39 is 36.0 Å². The molecule has 2 fully saturated rings. The molecular formula is C35H58N2O8. The number of carbonyl (C=O) groups is 2. The molecular weight excluding hydrogens is 576 g/mol. The molecule has 1 amide bonds. The van der Waals surface area contributed by atoms with Gasteiger partial charge in [0.2, 0.25) is 0 Å². The minimum Gasteiger partial charge on any atom is -0.457 e. The molecule has 0 radical (unpaired) electrons. The molecule has 0 aromatic carbocycles. The number of aliphatic hydroxyl groups is 3. The molecule has 12 unspecified atom stereocenters. The standard InChI is InChI=1S/C35H58N2O8/c1-9-28(39)26(7)33-29(43-33)17-21(2)11-10-12-22(3)32-23(4)13-14-30(35(8,42)16-15-27(38)18-31(40)45-32)44-34(41)37-19-24(5)36-25(6)20-37/h10-14,21,23-30,32-33,36,38-39,42H,9,15-20H2,1-8H3. The SMILES string of the molecule is CCC(O)C(C)C1OC1CC(C)C=CC=C(C)C1OC(=O)CC(O)CCC(C)(O)C(OC(=O)N2CC(C)NC(C)C2)C=CC1C. The molecule has 12 atom stereocenters. The average molecular weight is 635 g/mol. The Hall–Kier alpha value is -2.24. The van der Waals surface area contributed by atoms with Gasteiger partial charge in [-0.25, -0.2) is 4.79 Å². The molecule has 3 rings (SSSR count). The van der Waals surface area contributed by atoms with Crippen LogP contribution in [0.1, 0.15) is 87.5 Å². The van der Waals surface area contributed by atoms with Crippen LogP contribution >= 0.6 is 0 Å². The van der Waals surface area contributed by atoms with E-state index >= 15 is 0 Å². The summed E-state index contributed by atoms with van der Waals surface area (Å²) >= 11 is 0. The smallest absolute Gasteiger partial charge is 0.410 e. The molecule has 4 N–H and O–H groups in total. The van der Waals surface area contributed by atoms with Crippen LogP contribution in [0.15, 0.2) is 36.0 Å². The fraction of sp³-hybridized carbons (Fsp3) is 0.771. The Kier molecular flexibility index (Phi) is 13.7. The summed E-state index contributed by atoms with van der Waals surface area (Å²) in [4.78, 5) is 27.7. The van der Waals surface area contributed by atoms with E-state index in [9.17, 15) is 24.9 Å². The highest BCUT2D eigenvalue weighted by Crippen LogP contribution is 2.36. The molecule has 0 bridgehead atoms. The molecule has 10 nitrogen and oxygen atoms in total. The summed E-state index contributed by atoms with van der Waals surface area (Å²) in [6.07, 6.45) is 7.93. The van der Waals surface area contributed by atoms with Gasteiger partial charge in [0.05, 0.1) is 30.8 Å². The molecule has 0 aliphatic carbocycles. The number of ether oxygens (including phenoxy) is 3. The average Bonchev–Trinajstić information content (AvgIpc) is 3.73. The highest BCUT2D eigenvalue weighted by atomic mass is 16.6. The third-order valence-corrected chi connectivity index (χ3v) is 9.38. The number of nitrogens with zero attached hydrogens (tertiary/aromatic N) is 1. The van der Waals surface area contributed by atoms with Gasteiger partial charge in [-0.15, -0.1) is 0 Å². The highest BCUT2D eigenvalue weighted by molar-refractivity contribution is 5.70. The van der Waals surface area contributed by atoms with Crippen molar-refractivity contribution in [2.45, 2.75) is 142 Å². The monoisotopic (exact) mass is 634 g/mol. The van der Waals surface area contributed by atoms with Crippen LogP contribution < -0.4 is 5.32 Å². The van der Waals surface area contributed by atoms with Gasteiger partial charge in [0, 0.05) is 37.0 Å². The predicted octanol–water partition coefficient (Wildman–Crippen LogP) is 4.28. The molecule has 3 aliphatic rings. The largest absolute Gasteiger partial charge is 0.457 e. The van der Waals surface area contributed by atoms with Gasteiger partial charge in [-0.2, -0.15) is 0 Å². The number of carbonyl (C=O) groups excluding carboxylic acids is 2. The van der Waals surface area contributed by atoms with Crippen molar-refractivity contribution >= 4 is 12.1 Å². The first-order valence-corrected chi connectivity index (χ1v) is 16.8. The van der Waals surface area contributed by atoms with Gasteiger partial charge in [-0.1, -0.05) is 52.0 Å². The van der Waals surface area contributed by atoms with E-state index in [0.717, 1.165) is 12.0 Å². The quantitative estimate of drug-likeness (QED) is 0.127. The second-order valence-electron chi connectivity index (χ2n) is 14.1. The summed E-state index contributed by atoms with van der Waals surface area (Å²) in [6.45, 7) is 16.5. The molecule has 0 spiro atoms. The van der Waals surface area contributed by atoms with E-state index in [-0.39, 0.29) is 67.4 Å². The number of rotatable bonds is 9. The lowest BCUT2D eigenvalue weighted by Gasteiger charge is -2.38. The van der Waals surface area contributed by atoms with Gasteiger partial charge in [-0.3, -0.25) is 4.79 Å². The van der Waals surface area contributed by atoms with Crippen molar-refractivity contribution in [1.29, 1.82) is 0 Å². The van der Waals surface area contributed by atoms with Gasteiger partial charge in [0.1, 0.15) is 11.7 Å². The predicted molar refractivity (Wildman–Crippen MR) is 173 cm³/mol. The van der Waals surface area contributed by atoms with Crippen molar-refractivity contribution < 1.29 is 39.1 Å². The Morgan fingerprint density at radius 2 is 1.89 bits per heavy atom. The van der Waals surface area contributed by atoms with Gasteiger partial charge >= 0.3 is 12.1 Å². The van der Waals surface area contributed by atoms with Crippen LogP contribution in [0.5, 0.6) is 0 Å². The van der Waals surface area contributed by atoms with Crippen molar-refractivity contribution in [3.05, 3.63) is 36.0 Å². The third kappa shape index (κ3) is 11.2. The van der Waals surface area contributed by atoms with Crippen LogP contribution in [0.4, 0.5) is 4.79 Å². The molecule has 3 aliphatic heterocycles. The minimum absolute atomic E-state index is 0.0968. The Morgan fingerprint density at radius 1 is 1.22 bits per heavy atom. The van der Waals surface area contributed by atoms with Gasteiger partial charge < -0.3 is 39.7 Å². The van der Waals surface area contributed by atoms with Gasteiger partial charge in [0.25, 0.3) is 0 Å². The van der Waals surface area contributed by atoms with Crippen LogP contribution in [0.25, 0.3) is 0 Å². The molecule has 0 saturated carbocycles. The maximum atomic E-state index is 13.2. The Labute approximate surface area is 269 Å². The zero-order valence-electron chi connectivity index (χ0n) is 28.5. The lowest BCUT2D eigenvalue weighted by Crippen LogP contribution is -2.57. The number of esters is 1. The van der Waals surface area contributed by atoms with Gasteiger partial charge in [0.15, 0.2) is 6.10 Å². The normalized spacial score (nSPS) is 37.3. The first kappa shape index (κ1) is 37.2. The Bertz CT molecular complexity index is 1060. The lowest BCUT2D eigenvalue weighted by molar-refractivity contribution is -0.151. The van der Waals surface area contributed by atoms with Crippen molar-refractivity contribution in [2.75, 3.05) is 13.1 Å². The highest BCUT2D eigenvalue weighted by Gasteiger charge is 2.45.